The maximum Gasteiger partial charge on any atom is 0.155 e. The van der Waals surface area contributed by atoms with Gasteiger partial charge in [0.2, 0.25) is 0 Å². The SMILES string of the molecule is CC(Cc1ccc(O)cc1)c1cc(Cl)c(OCCCl)c(C#N)c1. The molecule has 23 heavy (non-hydrogen) atoms. The maximum absolute atomic E-state index is 9.34. The quantitative estimate of drug-likeness (QED) is 0.756. The van der Waals surface area contributed by atoms with Crippen LogP contribution < -0.4 is 4.74 Å². The number of aromatic hydroxyl groups is 1. The highest BCUT2D eigenvalue weighted by molar-refractivity contribution is 6.32. The van der Waals surface area contributed by atoms with Crippen LogP contribution in [-0.2, 0) is 6.42 Å². The van der Waals surface area contributed by atoms with Crippen molar-refractivity contribution in [1.29, 1.82) is 5.26 Å². The minimum absolute atomic E-state index is 0.172. The molecule has 2 aromatic carbocycles. The standard InChI is InChI=1S/C18H17Cl2NO2/c1-12(8-13-2-4-16(22)5-3-13)14-9-15(11-21)18(17(20)10-14)23-7-6-19/h2-5,9-10,12,22H,6-8H2,1H3. The third-order valence-corrected chi connectivity index (χ3v) is 3.99. The number of hydrogen-bond donors (Lipinski definition) is 1. The van der Waals surface area contributed by atoms with E-state index in [1.165, 1.54) is 0 Å². The highest BCUT2D eigenvalue weighted by Crippen LogP contribution is 2.33. The lowest BCUT2D eigenvalue weighted by Gasteiger charge is -2.16. The van der Waals surface area contributed by atoms with Crippen LogP contribution in [0.1, 0.15) is 29.5 Å². The summed E-state index contributed by atoms with van der Waals surface area (Å²) in [5.74, 6) is 1.14. The Morgan fingerprint density at radius 2 is 1.96 bits per heavy atom. The highest BCUT2D eigenvalue weighted by atomic mass is 35.5. The maximum atomic E-state index is 9.34. The zero-order chi connectivity index (χ0) is 16.8. The van der Waals surface area contributed by atoms with E-state index in [-0.39, 0.29) is 11.7 Å². The zero-order valence-electron chi connectivity index (χ0n) is 12.7. The molecule has 120 valence electrons. The molecule has 1 N–H and O–H groups in total. The van der Waals surface area contributed by atoms with Gasteiger partial charge in [0.05, 0.1) is 16.5 Å². The van der Waals surface area contributed by atoms with Gasteiger partial charge in [-0.2, -0.15) is 5.26 Å². The van der Waals surface area contributed by atoms with Gasteiger partial charge in [-0.3, -0.25) is 0 Å². The molecule has 0 saturated carbocycles. The number of phenolic OH excluding ortho intramolecular Hbond substituents is 1. The molecule has 0 spiro atoms. The summed E-state index contributed by atoms with van der Waals surface area (Å²) >= 11 is 11.9. The van der Waals surface area contributed by atoms with Gasteiger partial charge < -0.3 is 9.84 Å². The van der Waals surface area contributed by atoms with E-state index >= 15 is 0 Å². The van der Waals surface area contributed by atoms with E-state index in [0.29, 0.717) is 28.8 Å². The summed E-state index contributed by atoms with van der Waals surface area (Å²) in [6.45, 7) is 2.37. The molecule has 0 saturated heterocycles. The Bertz CT molecular complexity index is 708. The highest BCUT2D eigenvalue weighted by Gasteiger charge is 2.15. The van der Waals surface area contributed by atoms with Crippen LogP contribution >= 0.6 is 23.2 Å². The molecule has 0 bridgehead atoms. The molecule has 2 rings (SSSR count). The zero-order valence-corrected chi connectivity index (χ0v) is 14.2. The van der Waals surface area contributed by atoms with Crippen LogP contribution in [0.5, 0.6) is 11.5 Å². The Morgan fingerprint density at radius 3 is 2.57 bits per heavy atom. The van der Waals surface area contributed by atoms with Crippen molar-refractivity contribution in [3.8, 4) is 17.6 Å². The van der Waals surface area contributed by atoms with Crippen molar-refractivity contribution in [2.24, 2.45) is 0 Å². The first-order chi connectivity index (χ1) is 11.0. The number of halogens is 2. The van der Waals surface area contributed by atoms with Crippen molar-refractivity contribution in [2.75, 3.05) is 12.5 Å². The summed E-state index contributed by atoms with van der Waals surface area (Å²) in [5.41, 5.74) is 2.49. The number of rotatable bonds is 6. The lowest BCUT2D eigenvalue weighted by Crippen LogP contribution is -2.04. The molecular formula is C18H17Cl2NO2. The molecule has 2 aromatic rings. The first-order valence-electron chi connectivity index (χ1n) is 7.25. The molecule has 5 heteroatoms. The van der Waals surface area contributed by atoms with E-state index in [9.17, 15) is 10.4 Å². The first kappa shape index (κ1) is 17.5. The van der Waals surface area contributed by atoms with Crippen LogP contribution in [0.25, 0.3) is 0 Å². The number of ether oxygens (including phenoxy) is 1. The molecule has 3 nitrogen and oxygen atoms in total. The van der Waals surface area contributed by atoms with E-state index in [2.05, 4.69) is 13.0 Å². The van der Waals surface area contributed by atoms with Gasteiger partial charge >= 0.3 is 0 Å². The minimum atomic E-state index is 0.172. The second kappa shape index (κ2) is 8.10. The summed E-state index contributed by atoms with van der Waals surface area (Å²) in [4.78, 5) is 0. The molecule has 0 heterocycles. The van der Waals surface area contributed by atoms with Crippen molar-refractivity contribution in [3.05, 3.63) is 58.1 Å². The van der Waals surface area contributed by atoms with Gasteiger partial charge in [0.15, 0.2) is 5.75 Å². The molecule has 1 unspecified atom stereocenters. The van der Waals surface area contributed by atoms with E-state index in [0.717, 1.165) is 17.5 Å². The number of nitriles is 1. The lowest BCUT2D eigenvalue weighted by atomic mass is 9.92. The number of phenols is 1. The molecule has 0 aliphatic carbocycles. The lowest BCUT2D eigenvalue weighted by molar-refractivity contribution is 0.342. The normalized spacial score (nSPS) is 11.7. The van der Waals surface area contributed by atoms with Crippen molar-refractivity contribution in [1.82, 2.24) is 0 Å². The van der Waals surface area contributed by atoms with Crippen LogP contribution in [0.4, 0.5) is 0 Å². The molecule has 0 aliphatic heterocycles. The van der Waals surface area contributed by atoms with Crippen LogP contribution in [0, 0.1) is 11.3 Å². The van der Waals surface area contributed by atoms with Gasteiger partial charge in [0.1, 0.15) is 18.4 Å². The monoisotopic (exact) mass is 349 g/mol. The predicted octanol–water partition coefficient (Wildman–Crippen LogP) is 4.88. The molecule has 0 aliphatic rings. The molecule has 0 fully saturated rings. The first-order valence-corrected chi connectivity index (χ1v) is 8.16. The smallest absolute Gasteiger partial charge is 0.155 e. The molecule has 1 atom stereocenters. The number of nitrogens with zero attached hydrogens (tertiary/aromatic N) is 1. The van der Waals surface area contributed by atoms with Gasteiger partial charge in [-0.05, 0) is 47.7 Å². The largest absolute Gasteiger partial charge is 0.508 e. The minimum Gasteiger partial charge on any atom is -0.508 e. The Labute approximate surface area is 146 Å². The Hall–Kier alpha value is -1.89. The van der Waals surface area contributed by atoms with E-state index in [1.807, 2.05) is 18.2 Å². The number of hydrogen-bond acceptors (Lipinski definition) is 3. The molecule has 0 radical (unpaired) electrons. The van der Waals surface area contributed by atoms with E-state index < -0.39 is 0 Å². The number of alkyl halides is 1. The second-order valence-electron chi connectivity index (χ2n) is 5.30. The topological polar surface area (TPSA) is 53.2 Å². The van der Waals surface area contributed by atoms with Gasteiger partial charge in [-0.1, -0.05) is 30.7 Å². The van der Waals surface area contributed by atoms with Crippen LogP contribution in [0.15, 0.2) is 36.4 Å². The number of benzene rings is 2. The average molecular weight is 350 g/mol. The molecule has 0 amide bonds. The fourth-order valence-corrected chi connectivity index (χ4v) is 2.73. The molecule has 0 aromatic heterocycles. The van der Waals surface area contributed by atoms with Crippen molar-refractivity contribution >= 4 is 23.2 Å². The summed E-state index contributed by atoms with van der Waals surface area (Å²) in [6.07, 6.45) is 0.781. The Balaban J connectivity index is 2.23. The summed E-state index contributed by atoms with van der Waals surface area (Å²) in [5, 5.41) is 19.1. The predicted molar refractivity (Wildman–Crippen MR) is 92.6 cm³/mol. The summed E-state index contributed by atoms with van der Waals surface area (Å²) in [7, 11) is 0. The van der Waals surface area contributed by atoms with Crippen molar-refractivity contribution < 1.29 is 9.84 Å². The van der Waals surface area contributed by atoms with Gasteiger partial charge in [0, 0.05) is 0 Å². The molecular weight excluding hydrogens is 333 g/mol. The van der Waals surface area contributed by atoms with Crippen LogP contribution in [0.2, 0.25) is 5.02 Å². The Kier molecular flexibility index (Phi) is 6.15. The van der Waals surface area contributed by atoms with Crippen LogP contribution in [-0.4, -0.2) is 17.6 Å². The second-order valence-corrected chi connectivity index (χ2v) is 6.09. The summed E-state index contributed by atoms with van der Waals surface area (Å²) < 4.78 is 5.46. The van der Waals surface area contributed by atoms with Crippen molar-refractivity contribution in [2.45, 2.75) is 19.3 Å². The van der Waals surface area contributed by atoms with Crippen LogP contribution in [0.3, 0.4) is 0 Å². The summed E-state index contributed by atoms with van der Waals surface area (Å²) in [6, 6.07) is 12.9. The fraction of sp³-hybridized carbons (Fsp3) is 0.278. The third-order valence-electron chi connectivity index (χ3n) is 3.56. The van der Waals surface area contributed by atoms with Gasteiger partial charge in [0.25, 0.3) is 0 Å². The van der Waals surface area contributed by atoms with E-state index in [4.69, 9.17) is 27.9 Å². The van der Waals surface area contributed by atoms with Gasteiger partial charge in [-0.15, -0.1) is 11.6 Å². The Morgan fingerprint density at radius 1 is 1.26 bits per heavy atom. The van der Waals surface area contributed by atoms with Gasteiger partial charge in [-0.25, -0.2) is 0 Å². The third kappa shape index (κ3) is 4.54. The average Bonchev–Trinajstić information content (AvgIpc) is 2.55. The van der Waals surface area contributed by atoms with E-state index in [1.54, 1.807) is 18.2 Å². The van der Waals surface area contributed by atoms with Crippen molar-refractivity contribution in [3.63, 3.8) is 0 Å². The fourth-order valence-electron chi connectivity index (χ4n) is 2.37.